The molecule has 7 rings (SSSR count). The van der Waals surface area contributed by atoms with Gasteiger partial charge < -0.3 is 4.43 Å². The number of ketones is 1. The molecule has 0 N–H and O–H groups in total. The first-order valence-electron chi connectivity index (χ1n) is 16.5. The van der Waals surface area contributed by atoms with Crippen LogP contribution in [0.2, 0.25) is 0 Å². The first-order valence-corrected chi connectivity index (χ1v) is 19.1. The molecule has 0 heterocycles. The lowest BCUT2D eigenvalue weighted by Gasteiger charge is -2.49. The fraction of sp³-hybridized carbons (Fsp3) is 0.375. The van der Waals surface area contributed by atoms with E-state index >= 15 is 0 Å². The molecule has 4 aromatic carbocycles. The highest BCUT2D eigenvalue weighted by Gasteiger charge is 2.62. The maximum absolute atomic E-state index is 14.8. The number of hydrogen-bond acceptors (Lipinski definition) is 3. The Morgan fingerprint density at radius 1 is 0.844 bits per heavy atom. The van der Waals surface area contributed by atoms with Gasteiger partial charge in [0.2, 0.25) is 0 Å². The molecule has 0 aliphatic heterocycles. The molecular weight excluding hydrogens is 589 g/mol. The fourth-order valence-electron chi connectivity index (χ4n) is 8.50. The zero-order valence-electron chi connectivity index (χ0n) is 26.6. The van der Waals surface area contributed by atoms with Crippen LogP contribution in [0, 0.1) is 17.3 Å². The molecule has 3 nitrogen and oxygen atoms in total. The highest BCUT2D eigenvalue weighted by Crippen LogP contribution is 2.61. The van der Waals surface area contributed by atoms with E-state index in [0.29, 0.717) is 24.9 Å². The fourth-order valence-corrected chi connectivity index (χ4v) is 12.1. The van der Waals surface area contributed by atoms with Gasteiger partial charge in [-0.3, -0.25) is 9.00 Å². The Bertz CT molecular complexity index is 1640. The standard InChI is InChI=1S/C40H43O3SSi/c1-39(2,3)29-20-22-33-28(25-29)19-21-35-34(33)23-24-40(36(35)26-37(38(40)41)44(42)30-13-7-4-8-14-30)27-43-45(31-15-9-5-10-16-31)32-17-11-6-12-18-32/h4-18,20,22,25,34-37H,19,21,23-24,26-27H2,1-3H3/t34-,35-,36+,37?,40-,44?/m1/s1. The van der Waals surface area contributed by atoms with E-state index in [9.17, 15) is 9.00 Å². The molecule has 2 saturated carbocycles. The number of carbonyl (C=O) groups excluding carboxylic acids is 1. The van der Waals surface area contributed by atoms with Gasteiger partial charge >= 0.3 is 0 Å². The van der Waals surface area contributed by atoms with E-state index in [1.807, 2.05) is 42.5 Å². The lowest BCUT2D eigenvalue weighted by atomic mass is 9.55. The minimum Gasteiger partial charge on any atom is -0.406 e. The average Bonchev–Trinajstić information content (AvgIpc) is 3.37. The SMILES string of the molecule is CC(C)(C)c1ccc2c(c1)CC[C@@H]1[C@@H]2CC[C@]2(CO[Si](c3ccccc3)c3ccccc3)C(=O)C(S(=O)c3ccccc3)C[C@@H]12. The molecular formula is C40H43O3SSi. The van der Waals surface area contributed by atoms with Gasteiger partial charge in [0.25, 0.3) is 9.04 Å². The summed E-state index contributed by atoms with van der Waals surface area (Å²) >= 11 is 0. The van der Waals surface area contributed by atoms with Crippen molar-refractivity contribution in [2.75, 3.05) is 6.61 Å². The van der Waals surface area contributed by atoms with E-state index in [1.54, 1.807) is 0 Å². The highest BCUT2D eigenvalue weighted by atomic mass is 32.2. The van der Waals surface area contributed by atoms with Crippen molar-refractivity contribution in [1.29, 1.82) is 0 Å². The van der Waals surface area contributed by atoms with E-state index in [-0.39, 0.29) is 17.1 Å². The topological polar surface area (TPSA) is 43.4 Å². The van der Waals surface area contributed by atoms with Crippen LogP contribution in [-0.2, 0) is 31.9 Å². The molecule has 2 fully saturated rings. The number of fused-ring (bicyclic) bond motifs is 5. The van der Waals surface area contributed by atoms with Gasteiger partial charge in [-0.1, -0.05) is 118 Å². The van der Waals surface area contributed by atoms with Crippen molar-refractivity contribution in [2.45, 2.75) is 74.4 Å². The molecule has 231 valence electrons. The van der Waals surface area contributed by atoms with Crippen molar-refractivity contribution in [2.24, 2.45) is 17.3 Å². The third kappa shape index (κ3) is 5.62. The van der Waals surface area contributed by atoms with Crippen LogP contribution in [-0.4, -0.2) is 30.9 Å². The quantitative estimate of drug-likeness (QED) is 0.207. The minimum absolute atomic E-state index is 0.119. The second-order valence-electron chi connectivity index (χ2n) is 14.3. The summed E-state index contributed by atoms with van der Waals surface area (Å²) in [6.45, 7) is 7.25. The van der Waals surface area contributed by atoms with Crippen LogP contribution < -0.4 is 10.4 Å². The number of rotatable bonds is 7. The number of carbonyl (C=O) groups is 1. The van der Waals surface area contributed by atoms with Crippen LogP contribution in [0.4, 0.5) is 0 Å². The summed E-state index contributed by atoms with van der Waals surface area (Å²) in [5, 5.41) is 1.88. The molecule has 0 aromatic heterocycles. The summed E-state index contributed by atoms with van der Waals surface area (Å²) in [6.07, 6.45) is 4.56. The summed E-state index contributed by atoms with van der Waals surface area (Å²) in [5.41, 5.74) is 3.86. The number of benzene rings is 4. The largest absolute Gasteiger partial charge is 0.406 e. The first-order chi connectivity index (χ1) is 21.8. The van der Waals surface area contributed by atoms with Gasteiger partial charge in [-0.25, -0.2) is 0 Å². The van der Waals surface area contributed by atoms with Gasteiger partial charge in [0, 0.05) is 11.5 Å². The lowest BCUT2D eigenvalue weighted by Crippen LogP contribution is -2.52. The van der Waals surface area contributed by atoms with Gasteiger partial charge in [0.1, 0.15) is 0 Å². The van der Waals surface area contributed by atoms with Crippen LogP contribution in [0.1, 0.15) is 69.1 Å². The van der Waals surface area contributed by atoms with Crippen LogP contribution in [0.5, 0.6) is 0 Å². The maximum atomic E-state index is 14.8. The van der Waals surface area contributed by atoms with Crippen molar-refractivity contribution in [1.82, 2.24) is 0 Å². The molecule has 6 atom stereocenters. The Hall–Kier alpha value is -3.12. The van der Waals surface area contributed by atoms with Gasteiger partial charge in [-0.05, 0) is 94.5 Å². The zero-order chi connectivity index (χ0) is 31.2. The van der Waals surface area contributed by atoms with E-state index in [2.05, 4.69) is 87.5 Å². The molecule has 3 aliphatic rings. The van der Waals surface area contributed by atoms with E-state index in [0.717, 1.165) is 30.6 Å². The molecule has 0 bridgehead atoms. The first kappa shape index (κ1) is 30.5. The van der Waals surface area contributed by atoms with Crippen molar-refractivity contribution >= 4 is 36.0 Å². The predicted molar refractivity (Wildman–Crippen MR) is 185 cm³/mol. The van der Waals surface area contributed by atoms with Crippen molar-refractivity contribution < 1.29 is 13.4 Å². The second-order valence-corrected chi connectivity index (χ2v) is 18.1. The molecule has 0 spiro atoms. The predicted octanol–water partition coefficient (Wildman–Crippen LogP) is 7.00. The number of aryl methyl sites for hydroxylation is 1. The van der Waals surface area contributed by atoms with Gasteiger partial charge in [0.15, 0.2) is 5.78 Å². The number of Topliss-reactive ketones (excluding diaryl/α,β-unsaturated/α-hetero) is 1. The van der Waals surface area contributed by atoms with Gasteiger partial charge in [-0.2, -0.15) is 0 Å². The Labute approximate surface area is 272 Å². The van der Waals surface area contributed by atoms with Crippen molar-refractivity contribution in [3.8, 4) is 0 Å². The van der Waals surface area contributed by atoms with E-state index in [4.69, 9.17) is 4.43 Å². The lowest BCUT2D eigenvalue weighted by molar-refractivity contribution is -0.133. The monoisotopic (exact) mass is 631 g/mol. The molecule has 0 amide bonds. The Kier molecular flexibility index (Phi) is 8.30. The highest BCUT2D eigenvalue weighted by molar-refractivity contribution is 7.86. The van der Waals surface area contributed by atoms with Crippen LogP contribution in [0.15, 0.2) is 114 Å². The molecule has 1 radical (unpaired) electrons. The summed E-state index contributed by atoms with van der Waals surface area (Å²) < 4.78 is 21.1. The third-order valence-electron chi connectivity index (χ3n) is 10.8. The molecule has 2 unspecified atom stereocenters. The van der Waals surface area contributed by atoms with Crippen LogP contribution in [0.3, 0.4) is 0 Å². The average molecular weight is 632 g/mol. The smallest absolute Gasteiger partial charge is 0.282 e. The van der Waals surface area contributed by atoms with E-state index < -0.39 is 30.5 Å². The van der Waals surface area contributed by atoms with Crippen molar-refractivity contribution in [3.05, 3.63) is 126 Å². The summed E-state index contributed by atoms with van der Waals surface area (Å²) in [4.78, 5) is 15.5. The van der Waals surface area contributed by atoms with Crippen LogP contribution >= 0.6 is 0 Å². The van der Waals surface area contributed by atoms with E-state index in [1.165, 1.54) is 27.1 Å². The summed E-state index contributed by atoms with van der Waals surface area (Å²) in [7, 11) is -2.96. The Morgan fingerprint density at radius 2 is 1.47 bits per heavy atom. The minimum atomic E-state index is -1.58. The molecule has 0 saturated heterocycles. The Balaban J connectivity index is 1.25. The third-order valence-corrected chi connectivity index (χ3v) is 14.6. The normalized spacial score (nSPS) is 26.6. The van der Waals surface area contributed by atoms with Crippen LogP contribution in [0.25, 0.3) is 0 Å². The van der Waals surface area contributed by atoms with Crippen molar-refractivity contribution in [3.63, 3.8) is 0 Å². The summed E-state index contributed by atoms with van der Waals surface area (Å²) in [6, 6.07) is 37.8. The molecule has 3 aliphatic carbocycles. The Morgan fingerprint density at radius 3 is 2.09 bits per heavy atom. The zero-order valence-corrected chi connectivity index (χ0v) is 28.4. The second kappa shape index (κ2) is 12.2. The molecule has 45 heavy (non-hydrogen) atoms. The molecule has 4 aromatic rings. The number of hydrogen-bond donors (Lipinski definition) is 0. The van der Waals surface area contributed by atoms with Gasteiger partial charge in [-0.15, -0.1) is 0 Å². The maximum Gasteiger partial charge on any atom is 0.282 e. The molecule has 5 heteroatoms. The summed E-state index contributed by atoms with van der Waals surface area (Å²) in [5.74, 6) is 1.16. The van der Waals surface area contributed by atoms with Gasteiger partial charge in [0.05, 0.1) is 21.5 Å².